The van der Waals surface area contributed by atoms with Crippen LogP contribution in [-0.4, -0.2) is 9.79 Å². The van der Waals surface area contributed by atoms with Crippen LogP contribution in [0.2, 0.25) is 0 Å². The second-order valence-electron chi connectivity index (χ2n) is 3.23. The molecule has 0 aliphatic carbocycles. The molecule has 78 valence electrons. The first-order valence-corrected chi connectivity index (χ1v) is 6.29. The first kappa shape index (κ1) is 12.9. The first-order chi connectivity index (χ1) is 5.93. The molecule has 0 aromatic heterocycles. The van der Waals surface area contributed by atoms with E-state index in [2.05, 4.69) is 0 Å². The van der Waals surface area contributed by atoms with Crippen molar-refractivity contribution in [2.24, 2.45) is 0 Å². The standard InChI is InChI=1S/C9H19O3P/c1-4-6-9(7-5-2)8(3)13(10,11)12/h4-7H2,1-3H3,(H2,10,11,12). The Morgan fingerprint density at radius 2 is 1.54 bits per heavy atom. The average Bonchev–Trinajstić information content (AvgIpc) is 2.01. The molecule has 0 bridgehead atoms. The summed E-state index contributed by atoms with van der Waals surface area (Å²) in [5, 5.41) is 0.274. The van der Waals surface area contributed by atoms with Gasteiger partial charge in [0, 0.05) is 5.31 Å². The molecule has 2 N–H and O–H groups in total. The quantitative estimate of drug-likeness (QED) is 0.680. The van der Waals surface area contributed by atoms with Crippen LogP contribution >= 0.6 is 7.60 Å². The fourth-order valence-corrected chi connectivity index (χ4v) is 1.93. The van der Waals surface area contributed by atoms with E-state index in [9.17, 15) is 4.57 Å². The summed E-state index contributed by atoms with van der Waals surface area (Å²) in [6.07, 6.45) is 3.47. The summed E-state index contributed by atoms with van der Waals surface area (Å²) in [7, 11) is -3.99. The molecule has 0 saturated heterocycles. The SMILES string of the molecule is CCCC(CCC)=C(C)P(=O)(O)O. The van der Waals surface area contributed by atoms with Crippen molar-refractivity contribution in [3.63, 3.8) is 0 Å². The van der Waals surface area contributed by atoms with Gasteiger partial charge in [0.2, 0.25) is 0 Å². The summed E-state index contributed by atoms with van der Waals surface area (Å²) in [6, 6.07) is 0. The van der Waals surface area contributed by atoms with Crippen LogP contribution in [0.3, 0.4) is 0 Å². The van der Waals surface area contributed by atoms with Crippen LogP contribution < -0.4 is 0 Å². The smallest absolute Gasteiger partial charge is 0.321 e. The fraction of sp³-hybridized carbons (Fsp3) is 0.778. The molecular weight excluding hydrogens is 187 g/mol. The molecule has 0 amide bonds. The zero-order valence-electron chi connectivity index (χ0n) is 8.58. The molecule has 0 aromatic rings. The van der Waals surface area contributed by atoms with Crippen LogP contribution in [0.4, 0.5) is 0 Å². The van der Waals surface area contributed by atoms with E-state index in [1.165, 1.54) is 0 Å². The summed E-state index contributed by atoms with van der Waals surface area (Å²) < 4.78 is 11.0. The monoisotopic (exact) mass is 206 g/mol. The zero-order valence-corrected chi connectivity index (χ0v) is 9.47. The molecule has 0 aliphatic heterocycles. The number of rotatable bonds is 5. The highest BCUT2D eigenvalue weighted by Gasteiger charge is 2.19. The zero-order chi connectivity index (χ0) is 10.5. The van der Waals surface area contributed by atoms with Gasteiger partial charge in [-0.15, -0.1) is 0 Å². The Morgan fingerprint density at radius 1 is 1.15 bits per heavy atom. The van der Waals surface area contributed by atoms with Crippen molar-refractivity contribution in [3.8, 4) is 0 Å². The first-order valence-electron chi connectivity index (χ1n) is 4.68. The van der Waals surface area contributed by atoms with Crippen LogP contribution in [0.1, 0.15) is 46.5 Å². The topological polar surface area (TPSA) is 57.5 Å². The lowest BCUT2D eigenvalue weighted by Crippen LogP contribution is -1.91. The molecular formula is C9H19O3P. The molecule has 3 nitrogen and oxygen atoms in total. The van der Waals surface area contributed by atoms with Crippen molar-refractivity contribution in [1.82, 2.24) is 0 Å². The molecule has 0 spiro atoms. The minimum atomic E-state index is -3.99. The third kappa shape index (κ3) is 4.61. The van der Waals surface area contributed by atoms with E-state index in [-0.39, 0.29) is 5.31 Å². The third-order valence-electron chi connectivity index (χ3n) is 2.05. The molecule has 0 aliphatic rings. The van der Waals surface area contributed by atoms with E-state index in [1.807, 2.05) is 13.8 Å². The van der Waals surface area contributed by atoms with Crippen molar-refractivity contribution in [2.75, 3.05) is 0 Å². The van der Waals surface area contributed by atoms with Gasteiger partial charge >= 0.3 is 7.60 Å². The summed E-state index contributed by atoms with van der Waals surface area (Å²) in [6.45, 7) is 5.58. The van der Waals surface area contributed by atoms with Crippen molar-refractivity contribution in [2.45, 2.75) is 46.5 Å². The minimum absolute atomic E-state index is 0.274. The van der Waals surface area contributed by atoms with Crippen LogP contribution in [0, 0.1) is 0 Å². The second-order valence-corrected chi connectivity index (χ2v) is 4.99. The summed E-state index contributed by atoms with van der Waals surface area (Å²) in [5.41, 5.74) is 0.929. The van der Waals surface area contributed by atoms with Gasteiger partial charge in [0.15, 0.2) is 0 Å². The highest BCUT2D eigenvalue weighted by atomic mass is 31.2. The van der Waals surface area contributed by atoms with E-state index < -0.39 is 7.60 Å². The largest absolute Gasteiger partial charge is 0.351 e. The van der Waals surface area contributed by atoms with Crippen molar-refractivity contribution < 1.29 is 14.4 Å². The van der Waals surface area contributed by atoms with Gasteiger partial charge in [-0.3, -0.25) is 4.57 Å². The lowest BCUT2D eigenvalue weighted by atomic mass is 10.1. The van der Waals surface area contributed by atoms with Crippen LogP contribution in [0.15, 0.2) is 10.9 Å². The van der Waals surface area contributed by atoms with Crippen LogP contribution in [0.25, 0.3) is 0 Å². The number of hydrogen-bond acceptors (Lipinski definition) is 1. The fourth-order valence-electron chi connectivity index (χ4n) is 1.30. The molecule has 0 rings (SSSR count). The molecule has 0 aromatic carbocycles. The summed E-state index contributed by atoms with van der Waals surface area (Å²) >= 11 is 0. The lowest BCUT2D eigenvalue weighted by molar-refractivity contribution is 0.381. The summed E-state index contributed by atoms with van der Waals surface area (Å²) in [4.78, 5) is 17.9. The maximum Gasteiger partial charge on any atom is 0.351 e. The van der Waals surface area contributed by atoms with Gasteiger partial charge in [0.1, 0.15) is 0 Å². The Balaban J connectivity index is 4.74. The van der Waals surface area contributed by atoms with Crippen molar-refractivity contribution >= 4 is 7.60 Å². The maximum atomic E-state index is 11.0. The van der Waals surface area contributed by atoms with E-state index in [1.54, 1.807) is 6.92 Å². The van der Waals surface area contributed by atoms with Crippen LogP contribution in [-0.2, 0) is 4.57 Å². The molecule has 4 heteroatoms. The van der Waals surface area contributed by atoms with E-state index in [0.29, 0.717) is 0 Å². The number of allylic oxidation sites excluding steroid dienone is 2. The van der Waals surface area contributed by atoms with Gasteiger partial charge in [-0.2, -0.15) is 0 Å². The Kier molecular flexibility index (Phi) is 5.54. The molecule has 0 radical (unpaired) electrons. The average molecular weight is 206 g/mol. The van der Waals surface area contributed by atoms with E-state index >= 15 is 0 Å². The highest BCUT2D eigenvalue weighted by Crippen LogP contribution is 2.47. The van der Waals surface area contributed by atoms with E-state index in [4.69, 9.17) is 9.79 Å². The Morgan fingerprint density at radius 3 is 1.77 bits per heavy atom. The molecule has 13 heavy (non-hydrogen) atoms. The molecule has 0 saturated carbocycles. The Bertz CT molecular complexity index is 219. The van der Waals surface area contributed by atoms with Gasteiger partial charge in [-0.1, -0.05) is 32.3 Å². The second kappa shape index (κ2) is 5.58. The van der Waals surface area contributed by atoms with Crippen molar-refractivity contribution in [1.29, 1.82) is 0 Å². The van der Waals surface area contributed by atoms with Gasteiger partial charge in [0.05, 0.1) is 0 Å². The van der Waals surface area contributed by atoms with Crippen molar-refractivity contribution in [3.05, 3.63) is 10.9 Å². The molecule has 0 fully saturated rings. The maximum absolute atomic E-state index is 11.0. The van der Waals surface area contributed by atoms with Gasteiger partial charge in [-0.25, -0.2) is 0 Å². The normalized spacial score (nSPS) is 11.5. The van der Waals surface area contributed by atoms with Gasteiger partial charge in [-0.05, 0) is 19.8 Å². The Hall–Kier alpha value is -0.110. The summed E-state index contributed by atoms with van der Waals surface area (Å²) in [5.74, 6) is 0. The van der Waals surface area contributed by atoms with Gasteiger partial charge in [0.25, 0.3) is 0 Å². The minimum Gasteiger partial charge on any atom is -0.321 e. The van der Waals surface area contributed by atoms with Gasteiger partial charge < -0.3 is 9.79 Å². The highest BCUT2D eigenvalue weighted by molar-refractivity contribution is 7.56. The number of hydrogen-bond donors (Lipinski definition) is 2. The van der Waals surface area contributed by atoms with Crippen LogP contribution in [0.5, 0.6) is 0 Å². The predicted octanol–water partition coefficient (Wildman–Crippen LogP) is 3.04. The molecule has 0 unspecified atom stereocenters. The molecule has 0 heterocycles. The molecule has 0 atom stereocenters. The predicted molar refractivity (Wildman–Crippen MR) is 54.6 cm³/mol. The lowest BCUT2D eigenvalue weighted by Gasteiger charge is -2.11. The third-order valence-corrected chi connectivity index (χ3v) is 3.24. The van der Waals surface area contributed by atoms with E-state index in [0.717, 1.165) is 31.3 Å². The Labute approximate surface area is 80.0 Å².